The molecule has 3 nitrogen and oxygen atoms in total. The van der Waals surface area contributed by atoms with Crippen LogP contribution in [-0.2, 0) is 0 Å². The Morgan fingerprint density at radius 1 is 1.30 bits per heavy atom. The van der Waals surface area contributed by atoms with Gasteiger partial charge in [-0.1, -0.05) is 15.9 Å². The van der Waals surface area contributed by atoms with E-state index in [2.05, 4.69) is 15.9 Å². The molecule has 10 heavy (non-hydrogen) atoms. The molecule has 0 aliphatic rings. The van der Waals surface area contributed by atoms with Crippen LogP contribution >= 0.6 is 15.9 Å². The average molecular weight is 202 g/mol. The van der Waals surface area contributed by atoms with Gasteiger partial charge in [0.25, 0.3) is 5.69 Å². The Kier molecular flexibility index (Phi) is 2.01. The Labute approximate surface area is 66.5 Å². The molecule has 0 bridgehead atoms. The third-order valence-corrected chi connectivity index (χ3v) is 1.61. The third-order valence-electron chi connectivity index (χ3n) is 1.08. The summed E-state index contributed by atoms with van der Waals surface area (Å²) in [5.41, 5.74) is 0.447. The first-order chi connectivity index (χ1) is 4.70. The van der Waals surface area contributed by atoms with Gasteiger partial charge >= 0.3 is 0 Å². The first-order valence-electron chi connectivity index (χ1n) is 2.67. The number of hydrogen-bond donors (Lipinski definition) is 1. The molecule has 0 saturated carbocycles. The van der Waals surface area contributed by atoms with Crippen LogP contribution in [0, 0.1) is 4.91 Å². The number of nitroso groups, excluding NO2 is 1. The molecule has 0 spiro atoms. The second kappa shape index (κ2) is 2.79. The van der Waals surface area contributed by atoms with Gasteiger partial charge < -0.3 is 0 Å². The van der Waals surface area contributed by atoms with Crippen LogP contribution in [0.15, 0.2) is 28.7 Å². The van der Waals surface area contributed by atoms with Crippen molar-refractivity contribution < 1.29 is 4.87 Å². The molecule has 2 N–H and O–H groups in total. The summed E-state index contributed by atoms with van der Waals surface area (Å²) in [5.74, 6) is 4.93. The van der Waals surface area contributed by atoms with Gasteiger partial charge in [-0.2, -0.15) is 5.84 Å². The van der Waals surface area contributed by atoms with Crippen LogP contribution in [0.1, 0.15) is 0 Å². The van der Waals surface area contributed by atoms with Gasteiger partial charge in [0.2, 0.25) is 0 Å². The molecule has 1 aromatic carbocycles. The molecule has 1 rings (SSSR count). The van der Waals surface area contributed by atoms with Crippen LogP contribution in [0.5, 0.6) is 0 Å². The van der Waals surface area contributed by atoms with E-state index in [-0.39, 0.29) is 0 Å². The summed E-state index contributed by atoms with van der Waals surface area (Å²) in [6, 6.07) is 6.79. The van der Waals surface area contributed by atoms with Crippen molar-refractivity contribution in [1.82, 2.24) is 0 Å². The fraction of sp³-hybridized carbons (Fsp3) is 0. The monoisotopic (exact) mass is 201 g/mol. The lowest BCUT2D eigenvalue weighted by Crippen LogP contribution is -2.08. The van der Waals surface area contributed by atoms with Gasteiger partial charge in [0, 0.05) is 16.6 Å². The summed E-state index contributed by atoms with van der Waals surface area (Å²) < 4.78 is 0.929. The van der Waals surface area contributed by atoms with Crippen molar-refractivity contribution >= 4 is 21.6 Å². The summed E-state index contributed by atoms with van der Waals surface area (Å²) in [4.78, 5) is 10.8. The summed E-state index contributed by atoms with van der Waals surface area (Å²) in [6.07, 6.45) is 0. The van der Waals surface area contributed by atoms with Gasteiger partial charge in [-0.25, -0.2) is 0 Å². The minimum absolute atomic E-state index is 0.326. The normalized spacial score (nSPS) is 9.30. The highest BCUT2D eigenvalue weighted by atomic mass is 79.9. The first kappa shape index (κ1) is 7.21. The molecule has 0 amide bonds. The molecule has 0 atom stereocenters. The number of nitrogens with zero attached hydrogens (tertiary/aromatic N) is 1. The molecule has 0 aliphatic carbocycles. The molecule has 0 saturated heterocycles. The second-order valence-corrected chi connectivity index (χ2v) is 2.72. The summed E-state index contributed by atoms with van der Waals surface area (Å²) in [6.45, 7) is 0. The zero-order chi connectivity index (χ0) is 7.56. The van der Waals surface area contributed by atoms with E-state index in [0.29, 0.717) is 10.6 Å². The Morgan fingerprint density at radius 3 is 2.20 bits per heavy atom. The summed E-state index contributed by atoms with van der Waals surface area (Å²) in [5, 5.41) is 0. The maximum Gasteiger partial charge on any atom is 0.291 e. The molecule has 52 valence electrons. The zero-order valence-corrected chi connectivity index (χ0v) is 6.71. The van der Waals surface area contributed by atoms with Crippen molar-refractivity contribution in [2.24, 2.45) is 5.84 Å². The van der Waals surface area contributed by atoms with E-state index in [1.54, 1.807) is 24.3 Å². The average Bonchev–Trinajstić information content (AvgIpc) is 1.88. The van der Waals surface area contributed by atoms with Gasteiger partial charge in [0.1, 0.15) is 0 Å². The minimum atomic E-state index is 0.326. The molecule has 4 heteroatoms. The number of hydrazine groups is 1. The third kappa shape index (κ3) is 1.54. The molecule has 1 aromatic rings. The van der Waals surface area contributed by atoms with Crippen molar-refractivity contribution in [2.45, 2.75) is 0 Å². The maximum absolute atomic E-state index is 10.4. The molecule has 0 radical (unpaired) electrons. The van der Waals surface area contributed by atoms with Crippen molar-refractivity contribution in [2.75, 3.05) is 0 Å². The number of hydrogen-bond acceptors (Lipinski definition) is 1. The number of benzene rings is 1. The largest absolute Gasteiger partial charge is 0.291 e. The first-order valence-corrected chi connectivity index (χ1v) is 3.47. The fourth-order valence-corrected chi connectivity index (χ4v) is 0.852. The van der Waals surface area contributed by atoms with Gasteiger partial charge in [-0.3, -0.25) is 0 Å². The van der Waals surface area contributed by atoms with E-state index >= 15 is 0 Å². The topological polar surface area (TPSA) is 46.1 Å². The molecule has 0 unspecified atom stereocenters. The van der Waals surface area contributed by atoms with E-state index in [9.17, 15) is 4.91 Å². The lowest BCUT2D eigenvalue weighted by atomic mass is 10.3. The van der Waals surface area contributed by atoms with Crippen LogP contribution in [0.2, 0.25) is 0 Å². The lowest BCUT2D eigenvalue weighted by Gasteiger charge is -1.85. The van der Waals surface area contributed by atoms with E-state index in [4.69, 9.17) is 5.84 Å². The van der Waals surface area contributed by atoms with E-state index in [1.165, 1.54) is 0 Å². The maximum atomic E-state index is 10.4. The summed E-state index contributed by atoms with van der Waals surface area (Å²) in [7, 11) is 0. The minimum Gasteiger partial charge on any atom is -0.159 e. The second-order valence-electron chi connectivity index (χ2n) is 1.80. The van der Waals surface area contributed by atoms with Crippen LogP contribution in [-0.4, -0.2) is 4.87 Å². The van der Waals surface area contributed by atoms with E-state index < -0.39 is 0 Å². The zero-order valence-electron chi connectivity index (χ0n) is 5.12. The fourth-order valence-electron chi connectivity index (χ4n) is 0.588. The Hall–Kier alpha value is -0.900. The number of rotatable bonds is 1. The summed E-state index contributed by atoms with van der Waals surface area (Å²) >= 11 is 3.23. The Balaban J connectivity index is 3.00. The van der Waals surface area contributed by atoms with Crippen LogP contribution in [0.25, 0.3) is 0 Å². The lowest BCUT2D eigenvalue weighted by molar-refractivity contribution is -0.474. The number of nitrogens with two attached hydrogens (primary N) is 1. The Morgan fingerprint density at radius 2 is 1.80 bits per heavy atom. The molecular formula is C6H6BrN2O+. The predicted octanol–water partition coefficient (Wildman–Crippen LogP) is 1.73. The van der Waals surface area contributed by atoms with Crippen LogP contribution < -0.4 is 5.84 Å². The van der Waals surface area contributed by atoms with Crippen LogP contribution in [0.3, 0.4) is 0 Å². The van der Waals surface area contributed by atoms with Gasteiger partial charge in [0.05, 0.1) is 4.91 Å². The van der Waals surface area contributed by atoms with E-state index in [1.807, 2.05) is 0 Å². The quantitative estimate of drug-likeness (QED) is 0.428. The number of halogens is 1. The van der Waals surface area contributed by atoms with Crippen molar-refractivity contribution in [3.05, 3.63) is 33.6 Å². The standard InChI is InChI=1S/C6H6BrN2O/c7-5-1-3-6(4-2-5)9(8)10/h1-4H,(H2,8,10)/q+1. The highest BCUT2D eigenvalue weighted by molar-refractivity contribution is 9.10. The SMILES string of the molecule is N[N+](=O)c1ccc(Br)cc1. The molecule has 0 aliphatic heterocycles. The van der Waals surface area contributed by atoms with Gasteiger partial charge in [-0.15, -0.1) is 0 Å². The predicted molar refractivity (Wildman–Crippen MR) is 41.6 cm³/mol. The Bertz CT molecular complexity index is 244. The smallest absolute Gasteiger partial charge is 0.159 e. The molecule has 0 heterocycles. The molecular weight excluding hydrogens is 196 g/mol. The van der Waals surface area contributed by atoms with Gasteiger partial charge in [0.15, 0.2) is 4.87 Å². The van der Waals surface area contributed by atoms with Crippen molar-refractivity contribution in [1.29, 1.82) is 0 Å². The highest BCUT2D eigenvalue weighted by Crippen LogP contribution is 2.14. The molecule has 0 fully saturated rings. The van der Waals surface area contributed by atoms with Crippen molar-refractivity contribution in [3.63, 3.8) is 0 Å². The van der Waals surface area contributed by atoms with Crippen molar-refractivity contribution in [3.8, 4) is 0 Å². The van der Waals surface area contributed by atoms with E-state index in [0.717, 1.165) is 4.47 Å². The molecule has 0 aromatic heterocycles. The highest BCUT2D eigenvalue weighted by Gasteiger charge is 2.05. The van der Waals surface area contributed by atoms with Gasteiger partial charge in [-0.05, 0) is 12.1 Å². The van der Waals surface area contributed by atoms with Crippen LogP contribution in [0.4, 0.5) is 5.69 Å².